The molecule has 1 spiro atoms. The first-order chi connectivity index (χ1) is 15.4. The van der Waals surface area contributed by atoms with Crippen LogP contribution in [0.5, 0.6) is 0 Å². The van der Waals surface area contributed by atoms with Crippen molar-refractivity contribution in [1.29, 1.82) is 0 Å². The quantitative estimate of drug-likeness (QED) is 0.594. The van der Waals surface area contributed by atoms with Gasteiger partial charge in [-0.25, -0.2) is 15.4 Å². The second-order valence-corrected chi connectivity index (χ2v) is 8.08. The topological polar surface area (TPSA) is 92.9 Å². The van der Waals surface area contributed by atoms with Crippen LogP contribution in [-0.2, 0) is 17.1 Å². The molecule has 1 saturated carbocycles. The fourth-order valence-corrected chi connectivity index (χ4v) is 4.56. The molecule has 2 atom stereocenters. The third kappa shape index (κ3) is 4.44. The zero-order valence-electron chi connectivity index (χ0n) is 17.0. The van der Waals surface area contributed by atoms with Gasteiger partial charge in [0, 0.05) is 23.6 Å². The summed E-state index contributed by atoms with van der Waals surface area (Å²) in [6.45, 7) is 0.171. The molecule has 2 heterocycles. The molecular weight excluding hydrogens is 452 g/mol. The maximum absolute atomic E-state index is 13.5. The number of alkyl halides is 6. The molecule has 1 amide bonds. The molecular formula is C21H19F6N5O. The zero-order valence-corrected chi connectivity index (χ0v) is 17.0. The van der Waals surface area contributed by atoms with E-state index < -0.39 is 41.0 Å². The molecule has 4 rings (SSSR count). The first-order valence-electron chi connectivity index (χ1n) is 10.0. The molecule has 0 radical (unpaired) electrons. The molecule has 176 valence electrons. The van der Waals surface area contributed by atoms with Crippen LogP contribution >= 0.6 is 0 Å². The van der Waals surface area contributed by atoms with Crippen LogP contribution in [0.25, 0.3) is 11.3 Å². The summed E-state index contributed by atoms with van der Waals surface area (Å²) >= 11 is 0. The molecule has 4 N–H and O–H groups in total. The molecule has 1 aromatic carbocycles. The fraction of sp³-hybridized carbons (Fsp3) is 0.381. The summed E-state index contributed by atoms with van der Waals surface area (Å²) in [6, 6.07) is 3.60. The van der Waals surface area contributed by atoms with Crippen LogP contribution in [0.4, 0.5) is 26.3 Å². The van der Waals surface area contributed by atoms with Gasteiger partial charge in [0.25, 0.3) is 0 Å². The smallest absolute Gasteiger partial charge is 0.366 e. The number of benzene rings is 1. The minimum Gasteiger partial charge on any atom is -0.366 e. The van der Waals surface area contributed by atoms with Crippen molar-refractivity contribution >= 4 is 5.91 Å². The highest BCUT2D eigenvalue weighted by Crippen LogP contribution is 2.48. The second-order valence-electron chi connectivity index (χ2n) is 8.08. The van der Waals surface area contributed by atoms with Crippen LogP contribution in [-0.4, -0.2) is 28.0 Å². The van der Waals surface area contributed by atoms with Crippen molar-refractivity contribution in [1.82, 2.24) is 20.8 Å². The predicted octanol–water partition coefficient (Wildman–Crippen LogP) is 3.71. The Morgan fingerprint density at radius 1 is 1.09 bits per heavy atom. The highest BCUT2D eigenvalue weighted by Gasteiger charge is 2.45. The van der Waals surface area contributed by atoms with Crippen LogP contribution < -0.4 is 16.6 Å². The zero-order chi connectivity index (χ0) is 24.0. The van der Waals surface area contributed by atoms with Gasteiger partial charge in [0.2, 0.25) is 5.91 Å². The number of nitrogens with zero attached hydrogens (tertiary/aromatic N) is 2. The summed E-state index contributed by atoms with van der Waals surface area (Å²) in [5, 5.41) is 0. The van der Waals surface area contributed by atoms with Crippen molar-refractivity contribution in [3.05, 3.63) is 59.1 Å². The van der Waals surface area contributed by atoms with Crippen molar-refractivity contribution < 1.29 is 31.1 Å². The summed E-state index contributed by atoms with van der Waals surface area (Å²) < 4.78 is 80.0. The number of primary amides is 1. The van der Waals surface area contributed by atoms with Gasteiger partial charge in [0.05, 0.1) is 16.8 Å². The Morgan fingerprint density at radius 2 is 1.85 bits per heavy atom. The van der Waals surface area contributed by atoms with Gasteiger partial charge in [0.1, 0.15) is 12.0 Å². The Kier molecular flexibility index (Phi) is 5.69. The molecule has 1 fully saturated rings. The van der Waals surface area contributed by atoms with E-state index in [4.69, 9.17) is 5.73 Å². The van der Waals surface area contributed by atoms with Crippen LogP contribution in [0.15, 0.2) is 42.2 Å². The third-order valence-electron chi connectivity index (χ3n) is 6.04. The summed E-state index contributed by atoms with van der Waals surface area (Å²) in [6.07, 6.45) is -5.41. The average Bonchev–Trinajstić information content (AvgIpc) is 3.14. The lowest BCUT2D eigenvalue weighted by Crippen LogP contribution is -2.57. The first-order valence-corrected chi connectivity index (χ1v) is 10.0. The molecule has 1 aliphatic heterocycles. The van der Waals surface area contributed by atoms with E-state index in [0.29, 0.717) is 42.8 Å². The predicted molar refractivity (Wildman–Crippen MR) is 105 cm³/mol. The summed E-state index contributed by atoms with van der Waals surface area (Å²) in [4.78, 5) is 18.8. The Labute approximate surface area is 184 Å². The second kappa shape index (κ2) is 8.10. The average molecular weight is 471 g/mol. The van der Waals surface area contributed by atoms with Gasteiger partial charge in [-0.2, -0.15) is 26.3 Å². The van der Waals surface area contributed by atoms with Crippen molar-refractivity contribution in [3.63, 3.8) is 0 Å². The fourth-order valence-electron chi connectivity index (χ4n) is 4.56. The van der Waals surface area contributed by atoms with Crippen LogP contribution in [0, 0.1) is 0 Å². The largest absolute Gasteiger partial charge is 0.433 e. The van der Waals surface area contributed by atoms with Crippen LogP contribution in [0.1, 0.15) is 42.0 Å². The summed E-state index contributed by atoms with van der Waals surface area (Å²) in [7, 11) is 0. The number of hydrogen-bond donors (Lipinski definition) is 3. The molecule has 1 aliphatic carbocycles. The summed E-state index contributed by atoms with van der Waals surface area (Å²) in [5.41, 5.74) is 8.66. The molecule has 12 heteroatoms. The Hall–Kier alpha value is -2.99. The SMILES string of the molecule is NC(=O)C1=CC2(CCCC2c2ccc(C(F)(F)F)cc2-c2cc(C(F)(F)F)ncn2)NNC1. The molecule has 0 bridgehead atoms. The molecule has 2 unspecified atom stereocenters. The Bertz CT molecular complexity index is 1110. The molecule has 2 aromatic rings. The summed E-state index contributed by atoms with van der Waals surface area (Å²) in [5.74, 6) is -1.09. The highest BCUT2D eigenvalue weighted by atomic mass is 19.4. The lowest BCUT2D eigenvalue weighted by Gasteiger charge is -2.39. The lowest BCUT2D eigenvalue weighted by atomic mass is 9.77. The van der Waals surface area contributed by atoms with E-state index in [-0.39, 0.29) is 17.8 Å². The number of halogens is 6. The van der Waals surface area contributed by atoms with Crippen molar-refractivity contribution in [2.24, 2.45) is 5.73 Å². The maximum atomic E-state index is 13.5. The lowest BCUT2D eigenvalue weighted by molar-refractivity contribution is -0.141. The minimum absolute atomic E-state index is 0.0783. The Balaban J connectivity index is 1.89. The van der Waals surface area contributed by atoms with Crippen molar-refractivity contribution in [2.75, 3.05) is 6.54 Å². The van der Waals surface area contributed by atoms with Gasteiger partial charge in [-0.3, -0.25) is 10.2 Å². The number of hydrogen-bond acceptors (Lipinski definition) is 5. The maximum Gasteiger partial charge on any atom is 0.433 e. The van der Waals surface area contributed by atoms with E-state index in [1.165, 1.54) is 6.07 Å². The highest BCUT2D eigenvalue weighted by molar-refractivity contribution is 5.92. The molecule has 6 nitrogen and oxygen atoms in total. The van der Waals surface area contributed by atoms with Gasteiger partial charge in [0.15, 0.2) is 0 Å². The van der Waals surface area contributed by atoms with E-state index in [2.05, 4.69) is 20.8 Å². The molecule has 33 heavy (non-hydrogen) atoms. The van der Waals surface area contributed by atoms with E-state index in [1.807, 2.05) is 0 Å². The van der Waals surface area contributed by atoms with Crippen molar-refractivity contribution in [3.8, 4) is 11.3 Å². The van der Waals surface area contributed by atoms with E-state index in [9.17, 15) is 31.1 Å². The van der Waals surface area contributed by atoms with Gasteiger partial charge in [-0.15, -0.1) is 0 Å². The minimum atomic E-state index is -4.79. The van der Waals surface area contributed by atoms with E-state index in [1.54, 1.807) is 6.08 Å². The van der Waals surface area contributed by atoms with E-state index in [0.717, 1.165) is 12.1 Å². The monoisotopic (exact) mass is 471 g/mol. The van der Waals surface area contributed by atoms with Gasteiger partial charge in [-0.1, -0.05) is 18.6 Å². The van der Waals surface area contributed by atoms with Crippen LogP contribution in [0.3, 0.4) is 0 Å². The van der Waals surface area contributed by atoms with E-state index >= 15 is 0 Å². The standard InChI is InChI=1S/C21H19F6N5O/c22-20(23,24)12-3-4-13(14(6-12)16-7-17(21(25,26)27)30-10-29-16)15-2-1-5-19(15)8-11(18(28)33)9-31-32-19/h3-4,6-8,10,15,31-32H,1-2,5,9H2,(H2,28,33). The number of carbonyl (C=O) groups excluding carboxylic acids is 1. The van der Waals surface area contributed by atoms with Crippen LogP contribution in [0.2, 0.25) is 0 Å². The number of aromatic nitrogens is 2. The normalized spacial score (nSPS) is 23.6. The number of nitrogens with one attached hydrogen (secondary N) is 2. The number of amides is 1. The third-order valence-corrected chi connectivity index (χ3v) is 6.04. The number of rotatable bonds is 3. The van der Waals surface area contributed by atoms with Crippen molar-refractivity contribution in [2.45, 2.75) is 43.1 Å². The number of hydrazine groups is 1. The molecule has 2 aliphatic rings. The molecule has 1 aromatic heterocycles. The van der Waals surface area contributed by atoms with Gasteiger partial charge in [-0.05, 0) is 36.6 Å². The van der Waals surface area contributed by atoms with Gasteiger partial charge >= 0.3 is 12.4 Å². The number of carbonyl (C=O) groups is 1. The Morgan fingerprint density at radius 3 is 2.52 bits per heavy atom. The first kappa shape index (κ1) is 23.2. The number of nitrogens with two attached hydrogens (primary N) is 1. The molecule has 0 saturated heterocycles. The van der Waals surface area contributed by atoms with Gasteiger partial charge < -0.3 is 5.73 Å².